The molecule has 0 radical (unpaired) electrons. The van der Waals surface area contributed by atoms with E-state index in [0.717, 1.165) is 11.4 Å². The maximum Gasteiger partial charge on any atom is 0.0767 e. The predicted molar refractivity (Wildman–Crippen MR) is 68.2 cm³/mol. The number of rotatable bonds is 3. The molecule has 0 atom stereocenters. The van der Waals surface area contributed by atoms with Gasteiger partial charge in [0.15, 0.2) is 0 Å². The minimum atomic E-state index is 0.512. The average Bonchev–Trinajstić information content (AvgIpc) is 3.10. The van der Waals surface area contributed by atoms with Crippen LogP contribution in [0, 0.1) is 6.92 Å². The molecule has 0 aliphatic heterocycles. The predicted octanol–water partition coefficient (Wildman–Crippen LogP) is 2.52. The molecule has 3 rings (SSSR count). The molecule has 0 amide bonds. The molecular weight excluding hydrogens is 210 g/mol. The molecule has 2 aromatic rings. The lowest BCUT2D eigenvalue weighted by Gasteiger charge is -2.06. The van der Waals surface area contributed by atoms with Crippen molar-refractivity contribution >= 4 is 0 Å². The molecule has 1 aromatic heterocycles. The summed E-state index contributed by atoms with van der Waals surface area (Å²) < 4.78 is 2.05. The van der Waals surface area contributed by atoms with Gasteiger partial charge in [-0.25, -0.2) is 4.68 Å². The molecule has 88 valence electrons. The number of benzene rings is 1. The Morgan fingerprint density at radius 3 is 2.59 bits per heavy atom. The van der Waals surface area contributed by atoms with Crippen molar-refractivity contribution in [1.82, 2.24) is 9.78 Å². The summed E-state index contributed by atoms with van der Waals surface area (Å²) in [4.78, 5) is 0. The van der Waals surface area contributed by atoms with Gasteiger partial charge in [0.05, 0.1) is 11.4 Å². The molecule has 1 aliphatic carbocycles. The average molecular weight is 227 g/mol. The van der Waals surface area contributed by atoms with Gasteiger partial charge in [0.1, 0.15) is 0 Å². The maximum absolute atomic E-state index is 5.68. The Bertz CT molecular complexity index is 521. The smallest absolute Gasteiger partial charge is 0.0767 e. The third kappa shape index (κ3) is 1.98. The second kappa shape index (κ2) is 4.00. The standard InChI is InChI=1S/C14H17N3/c1-10-2-6-13(7-3-10)17-14(11-4-5-11)8-12(9-15)16-17/h2-3,6-8,11H,4-5,9,15H2,1H3. The first-order valence-electron chi connectivity index (χ1n) is 6.14. The Labute approximate surface area is 101 Å². The Morgan fingerprint density at radius 1 is 1.29 bits per heavy atom. The van der Waals surface area contributed by atoms with E-state index in [0.29, 0.717) is 12.5 Å². The van der Waals surface area contributed by atoms with Gasteiger partial charge in [0.2, 0.25) is 0 Å². The SMILES string of the molecule is Cc1ccc(-n2nc(CN)cc2C2CC2)cc1. The summed E-state index contributed by atoms with van der Waals surface area (Å²) in [5.41, 5.74) is 10.4. The van der Waals surface area contributed by atoms with Crippen molar-refractivity contribution in [3.63, 3.8) is 0 Å². The van der Waals surface area contributed by atoms with E-state index in [1.54, 1.807) is 0 Å². The lowest BCUT2D eigenvalue weighted by atomic mass is 10.2. The van der Waals surface area contributed by atoms with Crippen LogP contribution < -0.4 is 5.73 Å². The fraction of sp³-hybridized carbons (Fsp3) is 0.357. The fourth-order valence-electron chi connectivity index (χ4n) is 2.11. The molecule has 2 N–H and O–H groups in total. The molecule has 1 aromatic carbocycles. The Balaban J connectivity index is 2.05. The molecule has 1 aliphatic rings. The van der Waals surface area contributed by atoms with Crippen molar-refractivity contribution in [2.45, 2.75) is 32.2 Å². The number of hydrogen-bond acceptors (Lipinski definition) is 2. The van der Waals surface area contributed by atoms with E-state index >= 15 is 0 Å². The monoisotopic (exact) mass is 227 g/mol. The second-order valence-electron chi connectivity index (χ2n) is 4.79. The quantitative estimate of drug-likeness (QED) is 0.875. The lowest BCUT2D eigenvalue weighted by Crippen LogP contribution is -2.02. The normalized spacial score (nSPS) is 15.2. The highest BCUT2D eigenvalue weighted by Crippen LogP contribution is 2.41. The molecule has 1 heterocycles. The van der Waals surface area contributed by atoms with Crippen LogP contribution in [0.4, 0.5) is 0 Å². The Morgan fingerprint density at radius 2 is 2.00 bits per heavy atom. The molecule has 17 heavy (non-hydrogen) atoms. The van der Waals surface area contributed by atoms with Crippen molar-refractivity contribution in [2.75, 3.05) is 0 Å². The number of nitrogens with two attached hydrogens (primary N) is 1. The molecule has 3 nitrogen and oxygen atoms in total. The zero-order valence-corrected chi connectivity index (χ0v) is 10.1. The van der Waals surface area contributed by atoms with Gasteiger partial charge in [-0.15, -0.1) is 0 Å². The van der Waals surface area contributed by atoms with E-state index in [-0.39, 0.29) is 0 Å². The lowest BCUT2D eigenvalue weighted by molar-refractivity contribution is 0.786. The van der Waals surface area contributed by atoms with E-state index in [1.807, 2.05) is 0 Å². The fourth-order valence-corrected chi connectivity index (χ4v) is 2.11. The van der Waals surface area contributed by atoms with Crippen LogP contribution in [0.25, 0.3) is 5.69 Å². The molecule has 0 saturated heterocycles. The van der Waals surface area contributed by atoms with Crippen LogP contribution in [0.5, 0.6) is 0 Å². The number of aromatic nitrogens is 2. The van der Waals surface area contributed by atoms with Crippen LogP contribution in [-0.2, 0) is 6.54 Å². The van der Waals surface area contributed by atoms with Crippen LogP contribution in [0.1, 0.15) is 35.7 Å². The molecule has 0 bridgehead atoms. The summed E-state index contributed by atoms with van der Waals surface area (Å²) >= 11 is 0. The minimum Gasteiger partial charge on any atom is -0.325 e. The topological polar surface area (TPSA) is 43.8 Å². The van der Waals surface area contributed by atoms with Crippen LogP contribution >= 0.6 is 0 Å². The highest BCUT2D eigenvalue weighted by Gasteiger charge is 2.28. The van der Waals surface area contributed by atoms with Crippen LogP contribution in [0.2, 0.25) is 0 Å². The van der Waals surface area contributed by atoms with E-state index in [2.05, 4.69) is 47.0 Å². The minimum absolute atomic E-state index is 0.512. The summed E-state index contributed by atoms with van der Waals surface area (Å²) in [5, 5.41) is 4.58. The van der Waals surface area contributed by atoms with Gasteiger partial charge in [0.25, 0.3) is 0 Å². The summed E-state index contributed by atoms with van der Waals surface area (Å²) in [6.07, 6.45) is 2.56. The number of hydrogen-bond donors (Lipinski definition) is 1. The van der Waals surface area contributed by atoms with E-state index in [1.165, 1.54) is 24.1 Å². The molecule has 0 unspecified atom stereocenters. The van der Waals surface area contributed by atoms with Crippen molar-refractivity contribution in [2.24, 2.45) is 5.73 Å². The largest absolute Gasteiger partial charge is 0.325 e. The first-order valence-corrected chi connectivity index (χ1v) is 6.14. The van der Waals surface area contributed by atoms with Crippen molar-refractivity contribution in [3.8, 4) is 5.69 Å². The number of aryl methyl sites for hydroxylation is 1. The summed E-state index contributed by atoms with van der Waals surface area (Å²) in [6.45, 7) is 2.61. The van der Waals surface area contributed by atoms with Crippen molar-refractivity contribution in [3.05, 3.63) is 47.3 Å². The van der Waals surface area contributed by atoms with Crippen LogP contribution in [0.3, 0.4) is 0 Å². The Hall–Kier alpha value is -1.61. The highest BCUT2D eigenvalue weighted by molar-refractivity contribution is 5.37. The number of nitrogens with zero attached hydrogens (tertiary/aromatic N) is 2. The van der Waals surface area contributed by atoms with Gasteiger partial charge < -0.3 is 5.73 Å². The summed E-state index contributed by atoms with van der Waals surface area (Å²) in [5.74, 6) is 0.684. The summed E-state index contributed by atoms with van der Waals surface area (Å²) in [7, 11) is 0. The van der Waals surface area contributed by atoms with Gasteiger partial charge in [0, 0.05) is 18.2 Å². The Kier molecular flexibility index (Phi) is 2.48. The van der Waals surface area contributed by atoms with Crippen LogP contribution in [0.15, 0.2) is 30.3 Å². The van der Waals surface area contributed by atoms with Gasteiger partial charge in [-0.1, -0.05) is 17.7 Å². The molecular formula is C14H17N3. The molecule has 1 saturated carbocycles. The van der Waals surface area contributed by atoms with Crippen molar-refractivity contribution < 1.29 is 0 Å². The first-order chi connectivity index (χ1) is 8.28. The van der Waals surface area contributed by atoms with Gasteiger partial charge in [-0.2, -0.15) is 5.10 Å². The highest BCUT2D eigenvalue weighted by atomic mass is 15.3. The summed E-state index contributed by atoms with van der Waals surface area (Å²) in [6, 6.07) is 10.6. The van der Waals surface area contributed by atoms with E-state index in [9.17, 15) is 0 Å². The van der Waals surface area contributed by atoms with Gasteiger partial charge in [-0.3, -0.25) is 0 Å². The van der Waals surface area contributed by atoms with Crippen molar-refractivity contribution in [1.29, 1.82) is 0 Å². The maximum atomic E-state index is 5.68. The van der Waals surface area contributed by atoms with Gasteiger partial charge >= 0.3 is 0 Å². The zero-order chi connectivity index (χ0) is 11.8. The third-order valence-electron chi connectivity index (χ3n) is 3.27. The second-order valence-corrected chi connectivity index (χ2v) is 4.79. The van der Waals surface area contributed by atoms with E-state index in [4.69, 9.17) is 5.73 Å². The van der Waals surface area contributed by atoms with E-state index < -0.39 is 0 Å². The van der Waals surface area contributed by atoms with Gasteiger partial charge in [-0.05, 0) is 38.0 Å². The third-order valence-corrected chi connectivity index (χ3v) is 3.27. The molecule has 0 spiro atoms. The van der Waals surface area contributed by atoms with Crippen LogP contribution in [-0.4, -0.2) is 9.78 Å². The zero-order valence-electron chi connectivity index (χ0n) is 10.1. The molecule has 3 heteroatoms. The first kappa shape index (κ1) is 10.5. The molecule has 1 fully saturated rings.